The molecule has 1 atom stereocenters. The van der Waals surface area contributed by atoms with Gasteiger partial charge in [0.15, 0.2) is 0 Å². The van der Waals surface area contributed by atoms with E-state index in [0.717, 1.165) is 34.7 Å². The fraction of sp³-hybridized carbons (Fsp3) is 0.263. The van der Waals surface area contributed by atoms with Gasteiger partial charge in [0, 0.05) is 30.3 Å². The van der Waals surface area contributed by atoms with Crippen LogP contribution in [0.15, 0.2) is 48.5 Å². The van der Waals surface area contributed by atoms with Gasteiger partial charge in [-0.25, -0.2) is 4.98 Å². The number of anilines is 1. The molecule has 6 nitrogen and oxygen atoms in total. The van der Waals surface area contributed by atoms with Gasteiger partial charge in [0.2, 0.25) is 5.91 Å². The first kappa shape index (κ1) is 21.2. The molecule has 3 aromatic rings. The van der Waals surface area contributed by atoms with Gasteiger partial charge in [-0.3, -0.25) is 4.79 Å². The van der Waals surface area contributed by atoms with Crippen LogP contribution in [0.2, 0.25) is 0 Å². The monoisotopic (exact) mass is 408 g/mol. The Kier molecular flexibility index (Phi) is 7.62. The zero-order valence-electron chi connectivity index (χ0n) is 14.6. The Morgan fingerprint density at radius 2 is 1.93 bits per heavy atom. The molecule has 0 aliphatic carbocycles. The molecule has 0 spiro atoms. The number of carbonyl (C=O) groups excluding carboxylic acids is 1. The summed E-state index contributed by atoms with van der Waals surface area (Å²) >= 11 is 0. The van der Waals surface area contributed by atoms with Crippen molar-refractivity contribution in [3.05, 3.63) is 48.5 Å². The molecule has 1 aliphatic heterocycles. The molecule has 27 heavy (non-hydrogen) atoms. The lowest BCUT2D eigenvalue weighted by molar-refractivity contribution is -0.117. The van der Waals surface area contributed by atoms with Gasteiger partial charge < -0.3 is 20.4 Å². The number of imidazole rings is 1. The van der Waals surface area contributed by atoms with Gasteiger partial charge in [-0.2, -0.15) is 0 Å². The maximum atomic E-state index is 12.1. The standard InChI is InChI=1S/C19H20N4O2.2ClH/c24-18(11-15-12-25-10-9-20-15)21-14-7-5-13(6-8-14)19-22-16-3-1-2-4-17(16)23-19;;/h1-8,15,20H,9-12H2,(H,21,24)(H,22,23);2*1H. The number of H-pyrrole nitrogens is 1. The number of halogens is 2. The Balaban J connectivity index is 0.00000131. The lowest BCUT2D eigenvalue weighted by Gasteiger charge is -2.23. The third kappa shape index (κ3) is 5.20. The second kappa shape index (κ2) is 9.71. The number of benzene rings is 2. The molecule has 4 rings (SSSR count). The highest BCUT2D eigenvalue weighted by Crippen LogP contribution is 2.22. The first-order valence-corrected chi connectivity index (χ1v) is 8.44. The number of fused-ring (bicyclic) bond motifs is 1. The molecule has 2 heterocycles. The van der Waals surface area contributed by atoms with E-state index in [9.17, 15) is 4.79 Å². The lowest BCUT2D eigenvalue weighted by Crippen LogP contribution is -2.43. The van der Waals surface area contributed by atoms with Crippen molar-refractivity contribution < 1.29 is 9.53 Å². The normalized spacial score (nSPS) is 16.2. The quantitative estimate of drug-likeness (QED) is 0.617. The number of aromatic nitrogens is 2. The Morgan fingerprint density at radius 3 is 2.63 bits per heavy atom. The highest BCUT2D eigenvalue weighted by molar-refractivity contribution is 5.91. The van der Waals surface area contributed by atoms with E-state index in [2.05, 4.69) is 20.6 Å². The predicted molar refractivity (Wildman–Crippen MR) is 112 cm³/mol. The van der Waals surface area contributed by atoms with Crippen molar-refractivity contribution in [2.45, 2.75) is 12.5 Å². The minimum atomic E-state index is -0.0144. The summed E-state index contributed by atoms with van der Waals surface area (Å²) in [6.45, 7) is 2.09. The maximum Gasteiger partial charge on any atom is 0.226 e. The van der Waals surface area contributed by atoms with Gasteiger partial charge in [-0.05, 0) is 36.4 Å². The number of ether oxygens (including phenoxy) is 1. The summed E-state index contributed by atoms with van der Waals surface area (Å²) in [5.74, 6) is 0.808. The minimum Gasteiger partial charge on any atom is -0.378 e. The zero-order chi connectivity index (χ0) is 17.1. The largest absolute Gasteiger partial charge is 0.378 e. The number of hydrogen-bond acceptors (Lipinski definition) is 4. The number of rotatable bonds is 4. The molecule has 0 saturated carbocycles. The number of nitrogens with zero attached hydrogens (tertiary/aromatic N) is 1. The summed E-state index contributed by atoms with van der Waals surface area (Å²) in [6, 6.07) is 15.7. The molecule has 3 N–H and O–H groups in total. The van der Waals surface area contributed by atoms with Crippen molar-refractivity contribution in [1.82, 2.24) is 15.3 Å². The van der Waals surface area contributed by atoms with E-state index >= 15 is 0 Å². The summed E-state index contributed by atoms with van der Waals surface area (Å²) in [5, 5.41) is 6.21. The van der Waals surface area contributed by atoms with Gasteiger partial charge in [0.05, 0.1) is 24.2 Å². The fourth-order valence-electron chi connectivity index (χ4n) is 2.99. The fourth-order valence-corrected chi connectivity index (χ4v) is 2.99. The molecule has 0 bridgehead atoms. The van der Waals surface area contributed by atoms with E-state index in [1.54, 1.807) is 0 Å². The summed E-state index contributed by atoms with van der Waals surface area (Å²) in [7, 11) is 0. The van der Waals surface area contributed by atoms with E-state index in [1.165, 1.54) is 0 Å². The van der Waals surface area contributed by atoms with Crippen LogP contribution in [0.3, 0.4) is 0 Å². The van der Waals surface area contributed by atoms with Crippen LogP contribution in [0.1, 0.15) is 6.42 Å². The summed E-state index contributed by atoms with van der Waals surface area (Å²) in [5.41, 5.74) is 3.72. The number of hydrogen-bond donors (Lipinski definition) is 3. The number of aromatic amines is 1. The van der Waals surface area contributed by atoms with Crippen LogP contribution >= 0.6 is 24.8 Å². The van der Waals surface area contributed by atoms with Crippen LogP contribution in [-0.4, -0.2) is 41.7 Å². The Bertz CT molecular complexity index is 844. The summed E-state index contributed by atoms with van der Waals surface area (Å²) < 4.78 is 5.37. The first-order valence-electron chi connectivity index (χ1n) is 8.44. The second-order valence-corrected chi connectivity index (χ2v) is 6.16. The molecular weight excluding hydrogens is 387 g/mol. The Morgan fingerprint density at radius 1 is 1.15 bits per heavy atom. The highest BCUT2D eigenvalue weighted by Gasteiger charge is 2.16. The molecule has 1 saturated heterocycles. The van der Waals surface area contributed by atoms with Crippen molar-refractivity contribution >= 4 is 47.4 Å². The number of morpholine rings is 1. The molecule has 1 aliphatic rings. The number of nitrogens with one attached hydrogen (secondary N) is 3. The zero-order valence-corrected chi connectivity index (χ0v) is 16.2. The van der Waals surface area contributed by atoms with Crippen LogP contribution in [0.4, 0.5) is 5.69 Å². The number of para-hydroxylation sites is 2. The molecule has 0 radical (unpaired) electrons. The topological polar surface area (TPSA) is 79.0 Å². The van der Waals surface area contributed by atoms with Crippen molar-refractivity contribution in [2.75, 3.05) is 25.1 Å². The smallest absolute Gasteiger partial charge is 0.226 e. The third-order valence-corrected chi connectivity index (χ3v) is 4.26. The predicted octanol–water partition coefficient (Wildman–Crippen LogP) is 3.39. The van der Waals surface area contributed by atoms with Gasteiger partial charge in [-0.1, -0.05) is 12.1 Å². The molecule has 1 amide bonds. The van der Waals surface area contributed by atoms with Crippen LogP contribution in [0.5, 0.6) is 0 Å². The lowest BCUT2D eigenvalue weighted by atomic mass is 10.1. The van der Waals surface area contributed by atoms with E-state index in [1.807, 2.05) is 48.5 Å². The van der Waals surface area contributed by atoms with Gasteiger partial charge >= 0.3 is 0 Å². The summed E-state index contributed by atoms with van der Waals surface area (Å²) in [4.78, 5) is 20.0. The SMILES string of the molecule is Cl.Cl.O=C(CC1COCCN1)Nc1ccc(-c2nc3ccccc3[nH]2)cc1. The van der Waals surface area contributed by atoms with Crippen LogP contribution < -0.4 is 10.6 Å². The Hall–Kier alpha value is -2.12. The highest BCUT2D eigenvalue weighted by atomic mass is 35.5. The maximum absolute atomic E-state index is 12.1. The van der Waals surface area contributed by atoms with E-state index in [-0.39, 0.29) is 36.8 Å². The van der Waals surface area contributed by atoms with Crippen molar-refractivity contribution in [3.63, 3.8) is 0 Å². The Labute approximate surface area is 169 Å². The molecule has 1 aromatic heterocycles. The molecular formula is C19H22Cl2N4O2. The molecule has 144 valence electrons. The van der Waals surface area contributed by atoms with Crippen LogP contribution in [0, 0.1) is 0 Å². The molecule has 8 heteroatoms. The van der Waals surface area contributed by atoms with Gasteiger partial charge in [-0.15, -0.1) is 24.8 Å². The minimum absolute atomic E-state index is 0. The van der Waals surface area contributed by atoms with Crippen LogP contribution in [-0.2, 0) is 9.53 Å². The van der Waals surface area contributed by atoms with Crippen LogP contribution in [0.25, 0.3) is 22.4 Å². The van der Waals surface area contributed by atoms with Crippen molar-refractivity contribution in [2.24, 2.45) is 0 Å². The van der Waals surface area contributed by atoms with Crippen molar-refractivity contribution in [1.29, 1.82) is 0 Å². The average Bonchev–Trinajstić information content (AvgIpc) is 3.07. The van der Waals surface area contributed by atoms with Crippen molar-refractivity contribution in [3.8, 4) is 11.4 Å². The van der Waals surface area contributed by atoms with Gasteiger partial charge in [0.1, 0.15) is 5.82 Å². The van der Waals surface area contributed by atoms with E-state index in [0.29, 0.717) is 19.6 Å². The molecule has 1 fully saturated rings. The second-order valence-electron chi connectivity index (χ2n) is 6.16. The van der Waals surface area contributed by atoms with E-state index < -0.39 is 0 Å². The third-order valence-electron chi connectivity index (χ3n) is 4.26. The first-order chi connectivity index (χ1) is 12.3. The number of carbonyl (C=O) groups is 1. The number of amides is 1. The summed E-state index contributed by atoms with van der Waals surface area (Å²) in [6.07, 6.45) is 0.408. The molecule has 2 aromatic carbocycles. The average molecular weight is 409 g/mol. The molecule has 1 unspecified atom stereocenters. The van der Waals surface area contributed by atoms with Gasteiger partial charge in [0.25, 0.3) is 0 Å². The van der Waals surface area contributed by atoms with E-state index in [4.69, 9.17) is 4.74 Å².